The Hall–Kier alpha value is -2.51. The quantitative estimate of drug-likeness (QED) is 0.365. The van der Waals surface area contributed by atoms with Crippen molar-refractivity contribution in [2.45, 2.75) is 31.2 Å². The van der Waals surface area contributed by atoms with Crippen molar-refractivity contribution >= 4 is 29.1 Å². The number of rotatable bonds is 7. The molecule has 0 saturated carbocycles. The standard InChI is InChI=1S/C29H29Cl2F2N3O/c30-23-8-4-19(5-9-23)28(20-6-10-24(31)11-7-20)35-17-22(18-35)27(21-14-25(32)16-26(33)15-21)29(37)34-36-12-2-1-3-13-36/h4-11,14-16,22,27-28H,1-3,12-13,17-18H2,(H,34,37)/t27-/m1/s1. The molecule has 3 aromatic carbocycles. The highest BCUT2D eigenvalue weighted by Crippen LogP contribution is 2.40. The lowest BCUT2D eigenvalue weighted by atomic mass is 9.78. The van der Waals surface area contributed by atoms with Crippen LogP contribution in [-0.2, 0) is 4.79 Å². The topological polar surface area (TPSA) is 35.6 Å². The van der Waals surface area contributed by atoms with Crippen LogP contribution in [0, 0.1) is 17.6 Å². The third-order valence-corrected chi connectivity index (χ3v) is 7.80. The molecule has 5 rings (SSSR count). The minimum atomic E-state index is -0.679. The molecule has 2 fully saturated rings. The first-order valence-corrected chi connectivity index (χ1v) is 13.4. The highest BCUT2D eigenvalue weighted by atomic mass is 35.5. The lowest BCUT2D eigenvalue weighted by molar-refractivity contribution is -0.131. The SMILES string of the molecule is O=C(NN1CCCCC1)[C@H](c1cc(F)cc(F)c1)C1CN(C(c2ccc(Cl)cc2)c2ccc(Cl)cc2)C1. The van der Waals surface area contributed by atoms with Gasteiger partial charge < -0.3 is 0 Å². The Bertz CT molecular complexity index is 1160. The Morgan fingerprint density at radius 1 is 0.784 bits per heavy atom. The molecule has 8 heteroatoms. The van der Waals surface area contributed by atoms with E-state index < -0.39 is 17.6 Å². The predicted octanol–water partition coefficient (Wildman–Crippen LogP) is 6.59. The van der Waals surface area contributed by atoms with Crippen LogP contribution in [-0.4, -0.2) is 42.0 Å². The van der Waals surface area contributed by atoms with Gasteiger partial charge in [0.25, 0.3) is 0 Å². The number of benzene rings is 3. The molecule has 1 atom stereocenters. The summed E-state index contributed by atoms with van der Waals surface area (Å²) >= 11 is 12.3. The van der Waals surface area contributed by atoms with E-state index >= 15 is 0 Å². The van der Waals surface area contributed by atoms with Crippen LogP contribution in [0.5, 0.6) is 0 Å². The number of nitrogens with one attached hydrogen (secondary N) is 1. The molecule has 0 aromatic heterocycles. The summed E-state index contributed by atoms with van der Waals surface area (Å²) in [6.45, 7) is 2.74. The number of hydrazine groups is 1. The minimum Gasteiger partial charge on any atom is -0.292 e. The number of likely N-dealkylation sites (tertiary alicyclic amines) is 1. The Morgan fingerprint density at radius 3 is 1.81 bits per heavy atom. The summed E-state index contributed by atoms with van der Waals surface area (Å²) in [5.41, 5.74) is 5.53. The molecule has 1 amide bonds. The van der Waals surface area contributed by atoms with Crippen LogP contribution in [0.4, 0.5) is 8.78 Å². The number of hydrogen-bond acceptors (Lipinski definition) is 3. The number of halogens is 4. The molecular weight excluding hydrogens is 515 g/mol. The van der Waals surface area contributed by atoms with Crippen molar-refractivity contribution in [3.63, 3.8) is 0 Å². The van der Waals surface area contributed by atoms with Crippen LogP contribution < -0.4 is 5.43 Å². The van der Waals surface area contributed by atoms with Crippen molar-refractivity contribution in [2.24, 2.45) is 5.92 Å². The van der Waals surface area contributed by atoms with Gasteiger partial charge in [-0.3, -0.25) is 15.1 Å². The molecule has 0 aliphatic carbocycles. The number of carbonyl (C=O) groups is 1. The highest BCUT2D eigenvalue weighted by Gasteiger charge is 2.42. The summed E-state index contributed by atoms with van der Waals surface area (Å²) in [7, 11) is 0. The van der Waals surface area contributed by atoms with E-state index in [0.717, 1.165) is 49.5 Å². The first kappa shape index (κ1) is 26.1. The largest absolute Gasteiger partial charge is 0.292 e. The number of piperidine rings is 1. The fourth-order valence-electron chi connectivity index (χ4n) is 5.50. The zero-order valence-corrected chi connectivity index (χ0v) is 21.9. The third-order valence-electron chi connectivity index (χ3n) is 7.30. The van der Waals surface area contributed by atoms with Gasteiger partial charge in [-0.15, -0.1) is 0 Å². The van der Waals surface area contributed by atoms with Crippen molar-refractivity contribution in [1.29, 1.82) is 0 Å². The molecule has 1 N–H and O–H groups in total. The fourth-order valence-corrected chi connectivity index (χ4v) is 5.75. The second-order valence-electron chi connectivity index (χ2n) is 9.92. The molecule has 37 heavy (non-hydrogen) atoms. The Morgan fingerprint density at radius 2 is 1.30 bits per heavy atom. The molecule has 2 saturated heterocycles. The summed E-state index contributed by atoms with van der Waals surface area (Å²) in [6.07, 6.45) is 3.17. The number of amides is 1. The summed E-state index contributed by atoms with van der Waals surface area (Å²) < 4.78 is 28.4. The molecular formula is C29H29Cl2F2N3O. The summed E-state index contributed by atoms with van der Waals surface area (Å²) in [5.74, 6) is -2.34. The van der Waals surface area contributed by atoms with Crippen LogP contribution in [0.3, 0.4) is 0 Å². The normalized spacial score (nSPS) is 18.0. The van der Waals surface area contributed by atoms with E-state index in [1.165, 1.54) is 12.1 Å². The molecule has 194 valence electrons. The lowest BCUT2D eigenvalue weighted by Crippen LogP contribution is -2.55. The van der Waals surface area contributed by atoms with E-state index in [4.69, 9.17) is 23.2 Å². The maximum absolute atomic E-state index is 14.2. The first-order chi connectivity index (χ1) is 17.9. The fraction of sp³-hybridized carbons (Fsp3) is 0.345. The van der Waals surface area contributed by atoms with Crippen molar-refractivity contribution in [3.8, 4) is 0 Å². The maximum atomic E-state index is 14.2. The van der Waals surface area contributed by atoms with Gasteiger partial charge >= 0.3 is 0 Å². The minimum absolute atomic E-state index is 0.0687. The van der Waals surface area contributed by atoms with Gasteiger partial charge in [-0.05, 0) is 65.9 Å². The molecule has 2 aliphatic rings. The Balaban J connectivity index is 1.41. The second kappa shape index (κ2) is 11.5. The van der Waals surface area contributed by atoms with E-state index in [1.54, 1.807) is 0 Å². The van der Waals surface area contributed by atoms with Crippen LogP contribution in [0.15, 0.2) is 66.7 Å². The third kappa shape index (κ3) is 6.15. The van der Waals surface area contributed by atoms with Gasteiger partial charge in [0.05, 0.1) is 12.0 Å². The van der Waals surface area contributed by atoms with Gasteiger partial charge in [0, 0.05) is 48.2 Å². The van der Waals surface area contributed by atoms with Gasteiger partial charge in [-0.2, -0.15) is 0 Å². The molecule has 2 heterocycles. The van der Waals surface area contributed by atoms with E-state index in [2.05, 4.69) is 10.3 Å². The van der Waals surface area contributed by atoms with E-state index in [9.17, 15) is 13.6 Å². The van der Waals surface area contributed by atoms with Crippen LogP contribution in [0.25, 0.3) is 0 Å². The molecule has 4 nitrogen and oxygen atoms in total. The van der Waals surface area contributed by atoms with Gasteiger partial charge in [0.1, 0.15) is 11.6 Å². The molecule has 0 bridgehead atoms. The zero-order chi connectivity index (χ0) is 25.9. The molecule has 0 radical (unpaired) electrons. The number of hydrogen-bond donors (Lipinski definition) is 1. The van der Waals surface area contributed by atoms with Crippen molar-refractivity contribution in [2.75, 3.05) is 26.2 Å². The highest BCUT2D eigenvalue weighted by molar-refractivity contribution is 6.30. The van der Waals surface area contributed by atoms with Gasteiger partial charge in [-0.25, -0.2) is 13.8 Å². The van der Waals surface area contributed by atoms with Crippen LogP contribution in [0.2, 0.25) is 10.0 Å². The van der Waals surface area contributed by atoms with Crippen LogP contribution >= 0.6 is 23.2 Å². The van der Waals surface area contributed by atoms with Crippen molar-refractivity contribution in [3.05, 3.63) is 105 Å². The Labute approximate surface area is 226 Å². The monoisotopic (exact) mass is 543 g/mol. The van der Waals surface area contributed by atoms with Gasteiger partial charge in [0.15, 0.2) is 0 Å². The van der Waals surface area contributed by atoms with Gasteiger partial charge in [-0.1, -0.05) is 53.9 Å². The Kier molecular flexibility index (Phi) is 8.10. The summed E-state index contributed by atoms with van der Waals surface area (Å²) in [5, 5.41) is 3.24. The second-order valence-corrected chi connectivity index (χ2v) is 10.8. The maximum Gasteiger partial charge on any atom is 0.242 e. The summed E-state index contributed by atoms with van der Waals surface area (Å²) in [6, 6.07) is 18.8. The van der Waals surface area contributed by atoms with E-state index in [-0.39, 0.29) is 17.9 Å². The number of nitrogens with zero attached hydrogens (tertiary/aromatic N) is 2. The summed E-state index contributed by atoms with van der Waals surface area (Å²) in [4.78, 5) is 15.8. The average Bonchev–Trinajstić information content (AvgIpc) is 2.84. The molecule has 0 unspecified atom stereocenters. The molecule has 2 aliphatic heterocycles. The van der Waals surface area contributed by atoms with Crippen molar-refractivity contribution in [1.82, 2.24) is 15.3 Å². The average molecular weight is 544 g/mol. The lowest BCUT2D eigenvalue weighted by Gasteiger charge is -2.47. The van der Waals surface area contributed by atoms with E-state index in [0.29, 0.717) is 28.7 Å². The first-order valence-electron chi connectivity index (χ1n) is 12.6. The zero-order valence-electron chi connectivity index (χ0n) is 20.3. The molecule has 3 aromatic rings. The van der Waals surface area contributed by atoms with E-state index in [1.807, 2.05) is 53.5 Å². The van der Waals surface area contributed by atoms with Crippen LogP contribution in [0.1, 0.15) is 47.9 Å². The van der Waals surface area contributed by atoms with Gasteiger partial charge in [0.2, 0.25) is 5.91 Å². The number of carbonyl (C=O) groups excluding carboxylic acids is 1. The predicted molar refractivity (Wildman–Crippen MR) is 142 cm³/mol. The smallest absolute Gasteiger partial charge is 0.242 e. The molecule has 0 spiro atoms. The van der Waals surface area contributed by atoms with Crippen molar-refractivity contribution < 1.29 is 13.6 Å².